The standard InChI is InChI=1S/C13H17BrN2O2S/c1-7-8(2)16(12(17)18-13(4,5)6)10-9(3)15-11(14)19-10/h1,8H,2-6H3. The van der Waals surface area contributed by atoms with Crippen molar-refractivity contribution < 1.29 is 9.53 Å². The smallest absolute Gasteiger partial charge is 0.416 e. The van der Waals surface area contributed by atoms with E-state index in [1.54, 1.807) is 6.92 Å². The minimum absolute atomic E-state index is 0.402. The zero-order valence-corrected chi connectivity index (χ0v) is 14.1. The van der Waals surface area contributed by atoms with E-state index in [1.807, 2.05) is 27.7 Å². The van der Waals surface area contributed by atoms with Gasteiger partial charge >= 0.3 is 6.09 Å². The van der Waals surface area contributed by atoms with E-state index < -0.39 is 17.7 Å². The number of hydrogen-bond acceptors (Lipinski definition) is 4. The summed E-state index contributed by atoms with van der Waals surface area (Å²) in [4.78, 5) is 18.0. The summed E-state index contributed by atoms with van der Waals surface area (Å²) in [5, 5.41) is 0.701. The number of ether oxygens (including phenoxy) is 1. The third kappa shape index (κ3) is 4.22. The second-order valence-electron chi connectivity index (χ2n) is 5.05. The maximum Gasteiger partial charge on any atom is 0.416 e. The van der Waals surface area contributed by atoms with E-state index in [-0.39, 0.29) is 0 Å². The number of carbonyl (C=O) groups is 1. The fourth-order valence-corrected chi connectivity index (χ4v) is 2.97. The Labute approximate surface area is 126 Å². The number of halogens is 1. The number of thiazole rings is 1. The van der Waals surface area contributed by atoms with Gasteiger partial charge in [-0.3, -0.25) is 4.90 Å². The van der Waals surface area contributed by atoms with E-state index in [4.69, 9.17) is 11.2 Å². The normalized spacial score (nSPS) is 12.7. The summed E-state index contributed by atoms with van der Waals surface area (Å²) < 4.78 is 6.10. The van der Waals surface area contributed by atoms with Crippen LogP contribution in [0.2, 0.25) is 0 Å². The molecule has 0 aliphatic heterocycles. The molecular weight excluding hydrogens is 328 g/mol. The van der Waals surface area contributed by atoms with Gasteiger partial charge in [-0.2, -0.15) is 0 Å². The maximum atomic E-state index is 12.3. The SMILES string of the molecule is C#CC(C)N(C(=O)OC(C)(C)C)c1sc(Br)nc1C. The van der Waals surface area contributed by atoms with Crippen molar-refractivity contribution >= 4 is 38.4 Å². The molecule has 19 heavy (non-hydrogen) atoms. The lowest BCUT2D eigenvalue weighted by Gasteiger charge is -2.28. The van der Waals surface area contributed by atoms with Gasteiger partial charge < -0.3 is 4.74 Å². The Bertz CT molecular complexity index is 514. The van der Waals surface area contributed by atoms with Gasteiger partial charge in [0.2, 0.25) is 0 Å². The molecule has 1 unspecified atom stereocenters. The van der Waals surface area contributed by atoms with Crippen molar-refractivity contribution in [3.63, 3.8) is 0 Å². The number of amides is 1. The Morgan fingerprint density at radius 2 is 2.16 bits per heavy atom. The Kier molecular flexibility index (Phi) is 4.99. The zero-order valence-electron chi connectivity index (χ0n) is 11.7. The molecule has 1 amide bonds. The molecule has 0 spiro atoms. The van der Waals surface area contributed by atoms with Crippen molar-refractivity contribution in [2.24, 2.45) is 0 Å². The van der Waals surface area contributed by atoms with Crippen LogP contribution in [0.15, 0.2) is 3.92 Å². The average Bonchev–Trinajstić information content (AvgIpc) is 2.55. The van der Waals surface area contributed by atoms with Crippen molar-refractivity contribution in [3.05, 3.63) is 9.61 Å². The maximum absolute atomic E-state index is 12.3. The van der Waals surface area contributed by atoms with Crippen LogP contribution < -0.4 is 4.90 Å². The predicted octanol–water partition coefficient (Wildman–Crippen LogP) is 3.98. The lowest BCUT2D eigenvalue weighted by Crippen LogP contribution is -2.41. The van der Waals surface area contributed by atoms with Gasteiger partial charge in [0.25, 0.3) is 0 Å². The molecule has 1 atom stereocenters. The number of rotatable bonds is 2. The molecular formula is C13H17BrN2O2S. The summed E-state index contributed by atoms with van der Waals surface area (Å²) in [6.07, 6.45) is 4.98. The molecule has 0 aliphatic carbocycles. The van der Waals surface area contributed by atoms with Gasteiger partial charge in [0.05, 0.1) is 11.7 Å². The van der Waals surface area contributed by atoms with Gasteiger partial charge in [0.1, 0.15) is 10.6 Å². The first-order valence-corrected chi connectivity index (χ1v) is 7.38. The highest BCUT2D eigenvalue weighted by Crippen LogP contribution is 2.33. The second-order valence-corrected chi connectivity index (χ2v) is 7.30. The minimum Gasteiger partial charge on any atom is -0.443 e. The molecule has 0 radical (unpaired) electrons. The highest BCUT2D eigenvalue weighted by Gasteiger charge is 2.29. The molecule has 0 saturated heterocycles. The van der Waals surface area contributed by atoms with Gasteiger partial charge in [-0.15, -0.1) is 6.42 Å². The molecule has 1 aromatic rings. The number of nitrogens with zero attached hydrogens (tertiary/aromatic N) is 2. The highest BCUT2D eigenvalue weighted by atomic mass is 79.9. The average molecular weight is 345 g/mol. The summed E-state index contributed by atoms with van der Waals surface area (Å²) >= 11 is 4.67. The molecule has 0 aliphatic rings. The van der Waals surface area contributed by atoms with E-state index in [9.17, 15) is 4.79 Å². The number of aryl methyl sites for hydroxylation is 1. The molecule has 104 valence electrons. The third-order valence-electron chi connectivity index (χ3n) is 2.18. The Hall–Kier alpha value is -1.06. The van der Waals surface area contributed by atoms with Crippen molar-refractivity contribution in [1.82, 2.24) is 4.98 Å². The fraction of sp³-hybridized carbons (Fsp3) is 0.538. The number of carbonyl (C=O) groups excluding carboxylic acids is 1. The topological polar surface area (TPSA) is 42.4 Å². The summed E-state index contributed by atoms with van der Waals surface area (Å²) in [7, 11) is 0. The molecule has 0 aromatic carbocycles. The molecule has 0 saturated carbocycles. The molecule has 4 nitrogen and oxygen atoms in total. The fourth-order valence-electron chi connectivity index (χ4n) is 1.38. The van der Waals surface area contributed by atoms with Gasteiger partial charge in [-0.1, -0.05) is 17.3 Å². The molecule has 1 heterocycles. The van der Waals surface area contributed by atoms with Gasteiger partial charge in [0, 0.05) is 0 Å². The number of terminal acetylenes is 1. The van der Waals surface area contributed by atoms with Crippen molar-refractivity contribution in [3.8, 4) is 12.3 Å². The Morgan fingerprint density at radius 3 is 2.53 bits per heavy atom. The van der Waals surface area contributed by atoms with Crippen molar-refractivity contribution in [1.29, 1.82) is 0 Å². The first kappa shape index (κ1) is 16.0. The van der Waals surface area contributed by atoms with Gasteiger partial charge in [-0.25, -0.2) is 9.78 Å². The molecule has 1 aromatic heterocycles. The minimum atomic E-state index is -0.570. The second kappa shape index (κ2) is 5.93. The van der Waals surface area contributed by atoms with E-state index in [0.29, 0.717) is 8.92 Å². The summed E-state index contributed by atoms with van der Waals surface area (Å²) in [5.41, 5.74) is 0.171. The first-order chi connectivity index (χ1) is 8.65. The predicted molar refractivity (Wildman–Crippen MR) is 81.6 cm³/mol. The largest absolute Gasteiger partial charge is 0.443 e. The van der Waals surface area contributed by atoms with Crippen LogP contribution >= 0.6 is 27.3 Å². The van der Waals surface area contributed by atoms with Crippen LogP contribution in [-0.4, -0.2) is 22.7 Å². The van der Waals surface area contributed by atoms with Gasteiger partial charge in [0.15, 0.2) is 3.92 Å². The molecule has 0 bridgehead atoms. The molecule has 6 heteroatoms. The number of hydrogen-bond donors (Lipinski definition) is 0. The lowest BCUT2D eigenvalue weighted by molar-refractivity contribution is 0.0576. The highest BCUT2D eigenvalue weighted by molar-refractivity contribution is 9.11. The van der Waals surface area contributed by atoms with Crippen molar-refractivity contribution in [2.75, 3.05) is 4.90 Å². The monoisotopic (exact) mass is 344 g/mol. The Balaban J connectivity index is 3.13. The Morgan fingerprint density at radius 1 is 1.58 bits per heavy atom. The van der Waals surface area contributed by atoms with E-state index in [1.165, 1.54) is 16.2 Å². The van der Waals surface area contributed by atoms with Crippen molar-refractivity contribution in [2.45, 2.75) is 46.3 Å². The van der Waals surface area contributed by atoms with Crippen LogP contribution in [0.5, 0.6) is 0 Å². The number of aromatic nitrogens is 1. The van der Waals surface area contributed by atoms with Gasteiger partial charge in [-0.05, 0) is 50.5 Å². The third-order valence-corrected chi connectivity index (χ3v) is 3.79. The molecule has 0 N–H and O–H groups in total. The molecule has 1 rings (SSSR count). The summed E-state index contributed by atoms with van der Waals surface area (Å²) in [6, 6.07) is -0.402. The summed E-state index contributed by atoms with van der Waals surface area (Å²) in [5.74, 6) is 2.56. The van der Waals surface area contributed by atoms with E-state index in [2.05, 4.69) is 26.8 Å². The van der Waals surface area contributed by atoms with E-state index in [0.717, 1.165) is 5.69 Å². The quantitative estimate of drug-likeness (QED) is 0.762. The van der Waals surface area contributed by atoms with Crippen LogP contribution in [0.1, 0.15) is 33.4 Å². The van der Waals surface area contributed by atoms with Crippen LogP contribution in [0.4, 0.5) is 9.80 Å². The van der Waals surface area contributed by atoms with Crippen LogP contribution in [0.25, 0.3) is 0 Å². The first-order valence-electron chi connectivity index (χ1n) is 5.77. The van der Waals surface area contributed by atoms with Crippen LogP contribution in [0, 0.1) is 19.3 Å². The summed E-state index contributed by atoms with van der Waals surface area (Å²) in [6.45, 7) is 9.06. The van der Waals surface area contributed by atoms with Crippen LogP contribution in [0.3, 0.4) is 0 Å². The lowest BCUT2D eigenvalue weighted by atomic mass is 10.2. The van der Waals surface area contributed by atoms with Crippen LogP contribution in [-0.2, 0) is 4.74 Å². The molecule has 0 fully saturated rings. The zero-order chi connectivity index (χ0) is 14.8. The number of anilines is 1. The van der Waals surface area contributed by atoms with E-state index >= 15 is 0 Å².